The van der Waals surface area contributed by atoms with E-state index in [1.54, 1.807) is 13.0 Å². The Balaban J connectivity index is 2.24. The van der Waals surface area contributed by atoms with Crippen molar-refractivity contribution in [2.45, 2.75) is 31.8 Å². The van der Waals surface area contributed by atoms with E-state index in [0.717, 1.165) is 13.0 Å². The molecule has 0 saturated heterocycles. The van der Waals surface area contributed by atoms with Crippen molar-refractivity contribution in [1.82, 2.24) is 25.5 Å². The topological polar surface area (TPSA) is 113 Å². The van der Waals surface area contributed by atoms with Crippen LogP contribution in [-0.2, 0) is 16.6 Å². The van der Waals surface area contributed by atoms with Crippen molar-refractivity contribution in [1.29, 1.82) is 0 Å². The zero-order valence-corrected chi connectivity index (χ0v) is 12.7. The van der Waals surface area contributed by atoms with E-state index in [-0.39, 0.29) is 11.0 Å². The number of sulfonamides is 1. The van der Waals surface area contributed by atoms with Gasteiger partial charge < -0.3 is 5.32 Å². The molecule has 8 nitrogen and oxygen atoms in total. The molecule has 3 N–H and O–H groups in total. The van der Waals surface area contributed by atoms with Crippen LogP contribution in [0.3, 0.4) is 0 Å². The van der Waals surface area contributed by atoms with Crippen LogP contribution < -0.4 is 10.0 Å². The molecule has 0 radical (unpaired) electrons. The zero-order valence-electron chi connectivity index (χ0n) is 11.9. The Bertz CT molecular complexity index is 683. The van der Waals surface area contributed by atoms with E-state index in [4.69, 9.17) is 0 Å². The van der Waals surface area contributed by atoms with E-state index in [0.29, 0.717) is 17.8 Å². The van der Waals surface area contributed by atoms with Crippen molar-refractivity contribution in [3.63, 3.8) is 0 Å². The number of hydrogen-bond acceptors (Lipinski definition) is 6. The maximum atomic E-state index is 12.4. The van der Waals surface area contributed by atoms with Gasteiger partial charge in [0.25, 0.3) is 10.0 Å². The van der Waals surface area contributed by atoms with Gasteiger partial charge in [0.2, 0.25) is 11.0 Å². The molecule has 0 aliphatic rings. The van der Waals surface area contributed by atoms with E-state index in [1.165, 1.54) is 12.4 Å². The summed E-state index contributed by atoms with van der Waals surface area (Å²) in [4.78, 5) is 7.69. The molecule has 21 heavy (non-hydrogen) atoms. The Morgan fingerprint density at radius 3 is 2.67 bits per heavy atom. The minimum Gasteiger partial charge on any atom is -0.313 e. The van der Waals surface area contributed by atoms with Gasteiger partial charge in [-0.15, -0.1) is 0 Å². The summed E-state index contributed by atoms with van der Waals surface area (Å²) in [6.45, 7) is 5.07. The van der Waals surface area contributed by atoms with Crippen molar-refractivity contribution >= 4 is 16.0 Å². The molecule has 2 aromatic heterocycles. The molecule has 0 unspecified atom stereocenters. The summed E-state index contributed by atoms with van der Waals surface area (Å²) in [5.41, 5.74) is 1.33. The normalized spacial score (nSPS) is 11.5. The van der Waals surface area contributed by atoms with Crippen LogP contribution in [0.1, 0.15) is 24.6 Å². The highest BCUT2D eigenvalue weighted by atomic mass is 32.2. The number of aromatic amines is 1. The number of H-pyrrole nitrogens is 1. The molecule has 0 bridgehead atoms. The first-order valence-electron chi connectivity index (χ1n) is 6.59. The molecule has 0 aliphatic carbocycles. The number of aryl methyl sites for hydroxylation is 1. The van der Waals surface area contributed by atoms with Crippen LogP contribution in [0.2, 0.25) is 0 Å². The lowest BCUT2D eigenvalue weighted by atomic mass is 10.2. The van der Waals surface area contributed by atoms with Crippen LogP contribution in [0.25, 0.3) is 0 Å². The minimum absolute atomic E-state index is 0.0191. The predicted molar refractivity (Wildman–Crippen MR) is 78.2 cm³/mol. The highest BCUT2D eigenvalue weighted by molar-refractivity contribution is 7.92. The Hall–Kier alpha value is -2.00. The fraction of sp³-hybridized carbons (Fsp3) is 0.417. The molecule has 2 heterocycles. The first-order valence-corrected chi connectivity index (χ1v) is 8.07. The second kappa shape index (κ2) is 6.64. The molecule has 114 valence electrons. The zero-order chi connectivity index (χ0) is 15.3. The third-order valence-electron chi connectivity index (χ3n) is 2.81. The molecule has 0 saturated carbocycles. The Kier molecular flexibility index (Phi) is 4.86. The molecule has 0 spiro atoms. The first kappa shape index (κ1) is 15.4. The average Bonchev–Trinajstić information content (AvgIpc) is 2.82. The standard InChI is InChI=1S/C12H18N6O2S/c1-3-5-13-8-10-9(2)16-17-11(10)21(19,20)18-12-14-6-4-7-15-12/h4,6-7,13H,3,5,8H2,1-2H3,(H,16,17)(H,14,15,18). The second-order valence-corrected chi connectivity index (χ2v) is 6.08. The van der Waals surface area contributed by atoms with Crippen LogP contribution in [0.4, 0.5) is 5.95 Å². The van der Waals surface area contributed by atoms with Crippen molar-refractivity contribution in [3.05, 3.63) is 29.7 Å². The van der Waals surface area contributed by atoms with Crippen LogP contribution >= 0.6 is 0 Å². The van der Waals surface area contributed by atoms with Crippen molar-refractivity contribution < 1.29 is 8.42 Å². The summed E-state index contributed by atoms with van der Waals surface area (Å²) in [6.07, 6.45) is 3.89. The Labute approximate surface area is 123 Å². The maximum Gasteiger partial charge on any atom is 0.283 e. The summed E-state index contributed by atoms with van der Waals surface area (Å²) in [5, 5.41) is 9.74. The second-order valence-electron chi connectivity index (χ2n) is 4.49. The van der Waals surface area contributed by atoms with Crippen LogP contribution in [0.15, 0.2) is 23.5 Å². The lowest BCUT2D eigenvalue weighted by molar-refractivity contribution is 0.592. The monoisotopic (exact) mass is 310 g/mol. The third-order valence-corrected chi connectivity index (χ3v) is 4.11. The highest BCUT2D eigenvalue weighted by Gasteiger charge is 2.24. The van der Waals surface area contributed by atoms with Gasteiger partial charge in [-0.1, -0.05) is 6.92 Å². The number of nitrogens with one attached hydrogen (secondary N) is 3. The summed E-state index contributed by atoms with van der Waals surface area (Å²) in [5.74, 6) is 0.0191. The van der Waals surface area contributed by atoms with Crippen molar-refractivity contribution in [2.75, 3.05) is 11.3 Å². The smallest absolute Gasteiger partial charge is 0.283 e. The van der Waals surface area contributed by atoms with Crippen LogP contribution in [0.5, 0.6) is 0 Å². The maximum absolute atomic E-state index is 12.4. The van der Waals surface area contributed by atoms with Crippen molar-refractivity contribution in [2.24, 2.45) is 0 Å². The lowest BCUT2D eigenvalue weighted by Crippen LogP contribution is -2.20. The summed E-state index contributed by atoms with van der Waals surface area (Å²) < 4.78 is 27.1. The predicted octanol–water partition coefficient (Wildman–Crippen LogP) is 0.809. The van der Waals surface area contributed by atoms with Gasteiger partial charge in [0.15, 0.2) is 0 Å². The van der Waals surface area contributed by atoms with Gasteiger partial charge in [-0.25, -0.2) is 14.7 Å². The summed E-state index contributed by atoms with van der Waals surface area (Å²) in [6, 6.07) is 1.61. The van der Waals surface area contributed by atoms with Crippen LogP contribution in [-0.4, -0.2) is 35.1 Å². The molecule has 0 aliphatic heterocycles. The average molecular weight is 310 g/mol. The van der Waals surface area contributed by atoms with E-state index >= 15 is 0 Å². The number of aromatic nitrogens is 4. The van der Waals surface area contributed by atoms with Crippen molar-refractivity contribution in [3.8, 4) is 0 Å². The SMILES string of the molecule is CCCNCc1c(S(=O)(=O)Nc2ncccn2)n[nH]c1C. The van der Waals surface area contributed by atoms with Gasteiger partial charge in [0.05, 0.1) is 0 Å². The van der Waals surface area contributed by atoms with Gasteiger partial charge in [-0.05, 0) is 26.0 Å². The van der Waals surface area contributed by atoms with Crippen LogP contribution in [0, 0.1) is 6.92 Å². The quantitative estimate of drug-likeness (QED) is 0.652. The lowest BCUT2D eigenvalue weighted by Gasteiger charge is -2.07. The first-order chi connectivity index (χ1) is 10.0. The fourth-order valence-electron chi connectivity index (χ4n) is 1.77. The van der Waals surface area contributed by atoms with E-state index in [9.17, 15) is 8.42 Å². The van der Waals surface area contributed by atoms with Gasteiger partial charge in [0.1, 0.15) is 0 Å². The number of hydrogen-bond donors (Lipinski definition) is 3. The molecular formula is C12H18N6O2S. The Morgan fingerprint density at radius 2 is 2.00 bits per heavy atom. The number of anilines is 1. The van der Waals surface area contributed by atoms with Gasteiger partial charge >= 0.3 is 0 Å². The van der Waals surface area contributed by atoms with E-state index in [1.807, 2.05) is 6.92 Å². The molecule has 0 amide bonds. The third kappa shape index (κ3) is 3.76. The van der Waals surface area contributed by atoms with Gasteiger partial charge in [-0.3, -0.25) is 5.10 Å². The van der Waals surface area contributed by atoms with E-state index < -0.39 is 10.0 Å². The molecule has 0 atom stereocenters. The molecular weight excluding hydrogens is 292 g/mol. The molecule has 2 rings (SSSR count). The molecule has 9 heteroatoms. The van der Waals surface area contributed by atoms with E-state index in [2.05, 4.69) is 30.2 Å². The highest BCUT2D eigenvalue weighted by Crippen LogP contribution is 2.18. The largest absolute Gasteiger partial charge is 0.313 e. The number of rotatable bonds is 7. The fourth-order valence-corrected chi connectivity index (χ4v) is 2.93. The Morgan fingerprint density at radius 1 is 1.29 bits per heavy atom. The summed E-state index contributed by atoms with van der Waals surface area (Å²) >= 11 is 0. The van der Waals surface area contributed by atoms with Gasteiger partial charge in [-0.2, -0.15) is 13.5 Å². The molecule has 0 fully saturated rings. The number of nitrogens with zero attached hydrogens (tertiary/aromatic N) is 3. The van der Waals surface area contributed by atoms with Gasteiger partial charge in [0, 0.05) is 30.2 Å². The molecule has 0 aromatic carbocycles. The summed E-state index contributed by atoms with van der Waals surface area (Å²) in [7, 11) is -3.82. The minimum atomic E-state index is -3.82. The molecule has 2 aromatic rings.